The molecule has 19 heavy (non-hydrogen) atoms. The zero-order valence-corrected chi connectivity index (χ0v) is 13.6. The van der Waals surface area contributed by atoms with Gasteiger partial charge in [0.1, 0.15) is 0 Å². The first-order valence-electron chi connectivity index (χ1n) is 7.37. The predicted octanol–water partition coefficient (Wildman–Crippen LogP) is 4.13. The number of thioether (sulfide) groups is 1. The Bertz CT molecular complexity index is 379. The lowest BCUT2D eigenvalue weighted by Crippen LogP contribution is -2.29. The van der Waals surface area contributed by atoms with Crippen LogP contribution in [-0.4, -0.2) is 18.8 Å². The van der Waals surface area contributed by atoms with Crippen LogP contribution in [0.3, 0.4) is 0 Å². The highest BCUT2D eigenvalue weighted by molar-refractivity contribution is 7.99. The SMILES string of the molecule is CCSc1cccc(N(CC)CC(C)CC)c1CN. The molecule has 0 amide bonds. The summed E-state index contributed by atoms with van der Waals surface area (Å²) in [5.41, 5.74) is 8.63. The molecule has 0 bridgehead atoms. The van der Waals surface area contributed by atoms with Crippen LogP contribution in [0.1, 0.15) is 39.7 Å². The van der Waals surface area contributed by atoms with E-state index in [4.69, 9.17) is 5.73 Å². The van der Waals surface area contributed by atoms with Crippen LogP contribution in [0.25, 0.3) is 0 Å². The van der Waals surface area contributed by atoms with Gasteiger partial charge in [0.2, 0.25) is 0 Å². The summed E-state index contributed by atoms with van der Waals surface area (Å²) in [6, 6.07) is 6.57. The third kappa shape index (κ3) is 4.43. The number of nitrogens with two attached hydrogens (primary N) is 1. The average Bonchev–Trinajstić information content (AvgIpc) is 2.44. The molecule has 0 aromatic heterocycles. The van der Waals surface area contributed by atoms with Gasteiger partial charge < -0.3 is 10.6 Å². The second kappa shape index (κ2) is 8.49. The molecule has 0 radical (unpaired) electrons. The summed E-state index contributed by atoms with van der Waals surface area (Å²) in [7, 11) is 0. The largest absolute Gasteiger partial charge is 0.371 e. The lowest BCUT2D eigenvalue weighted by Gasteiger charge is -2.29. The fourth-order valence-corrected chi connectivity index (χ4v) is 3.10. The lowest BCUT2D eigenvalue weighted by molar-refractivity contribution is 0.547. The minimum atomic E-state index is 0.621. The van der Waals surface area contributed by atoms with Crippen LogP contribution >= 0.6 is 11.8 Å². The topological polar surface area (TPSA) is 29.3 Å². The molecule has 0 fully saturated rings. The lowest BCUT2D eigenvalue weighted by atomic mass is 10.1. The highest BCUT2D eigenvalue weighted by Gasteiger charge is 2.14. The summed E-state index contributed by atoms with van der Waals surface area (Å²) < 4.78 is 0. The summed E-state index contributed by atoms with van der Waals surface area (Å²) in [4.78, 5) is 3.81. The van der Waals surface area contributed by atoms with Crippen molar-refractivity contribution in [3.8, 4) is 0 Å². The maximum atomic E-state index is 6.00. The summed E-state index contributed by atoms with van der Waals surface area (Å²) in [6.45, 7) is 11.8. The Balaban J connectivity index is 3.05. The molecule has 1 unspecified atom stereocenters. The van der Waals surface area contributed by atoms with E-state index < -0.39 is 0 Å². The van der Waals surface area contributed by atoms with E-state index in [2.05, 4.69) is 50.8 Å². The molecule has 2 nitrogen and oxygen atoms in total. The van der Waals surface area contributed by atoms with Crippen molar-refractivity contribution in [2.24, 2.45) is 11.7 Å². The third-order valence-corrected chi connectivity index (χ3v) is 4.55. The number of hydrogen-bond acceptors (Lipinski definition) is 3. The molecule has 0 heterocycles. The van der Waals surface area contributed by atoms with E-state index in [1.807, 2.05) is 11.8 Å². The Morgan fingerprint density at radius 3 is 2.53 bits per heavy atom. The minimum Gasteiger partial charge on any atom is -0.371 e. The molecule has 3 heteroatoms. The van der Waals surface area contributed by atoms with Gasteiger partial charge in [-0.1, -0.05) is 33.3 Å². The van der Waals surface area contributed by atoms with Crippen LogP contribution in [0.4, 0.5) is 5.69 Å². The maximum Gasteiger partial charge on any atom is 0.0423 e. The van der Waals surface area contributed by atoms with Gasteiger partial charge in [0.05, 0.1) is 0 Å². The number of anilines is 1. The normalized spacial score (nSPS) is 12.5. The number of hydrogen-bond donors (Lipinski definition) is 1. The van der Waals surface area contributed by atoms with E-state index >= 15 is 0 Å². The van der Waals surface area contributed by atoms with Gasteiger partial charge in [-0.15, -0.1) is 11.8 Å². The molecule has 1 rings (SSSR count). The molecule has 0 aliphatic carbocycles. The van der Waals surface area contributed by atoms with Gasteiger partial charge in [0, 0.05) is 35.8 Å². The minimum absolute atomic E-state index is 0.621. The van der Waals surface area contributed by atoms with Gasteiger partial charge >= 0.3 is 0 Å². The van der Waals surface area contributed by atoms with Crippen LogP contribution in [0, 0.1) is 5.92 Å². The Kier molecular flexibility index (Phi) is 7.32. The Hall–Kier alpha value is -0.670. The standard InChI is InChI=1S/C16H28N2S/c1-5-13(4)12-18(6-2)15-9-8-10-16(19-7-3)14(15)11-17/h8-10,13H,5-7,11-12,17H2,1-4H3. The maximum absolute atomic E-state index is 6.00. The van der Waals surface area contributed by atoms with Crippen LogP contribution < -0.4 is 10.6 Å². The molecule has 2 N–H and O–H groups in total. The first-order chi connectivity index (χ1) is 9.17. The molecule has 0 aliphatic rings. The average molecular weight is 280 g/mol. The molecule has 1 aromatic carbocycles. The monoisotopic (exact) mass is 280 g/mol. The number of nitrogens with zero attached hydrogens (tertiary/aromatic N) is 1. The number of rotatable bonds is 8. The van der Waals surface area contributed by atoms with E-state index in [0.717, 1.165) is 18.8 Å². The van der Waals surface area contributed by atoms with Crippen molar-refractivity contribution < 1.29 is 0 Å². The van der Waals surface area contributed by atoms with Crippen molar-refractivity contribution in [3.63, 3.8) is 0 Å². The van der Waals surface area contributed by atoms with E-state index in [1.54, 1.807) is 0 Å². The molecule has 0 saturated carbocycles. The Morgan fingerprint density at radius 2 is 2.00 bits per heavy atom. The number of benzene rings is 1. The van der Waals surface area contributed by atoms with Crippen molar-refractivity contribution >= 4 is 17.4 Å². The first-order valence-corrected chi connectivity index (χ1v) is 8.36. The molecule has 0 saturated heterocycles. The highest BCUT2D eigenvalue weighted by Crippen LogP contribution is 2.31. The van der Waals surface area contributed by atoms with Crippen LogP contribution in [0.5, 0.6) is 0 Å². The van der Waals surface area contributed by atoms with Gasteiger partial charge in [-0.3, -0.25) is 0 Å². The molecule has 1 aromatic rings. The van der Waals surface area contributed by atoms with Crippen molar-refractivity contribution in [2.45, 2.75) is 45.6 Å². The van der Waals surface area contributed by atoms with Gasteiger partial charge in [-0.25, -0.2) is 0 Å². The molecular formula is C16H28N2S. The second-order valence-electron chi connectivity index (χ2n) is 4.94. The van der Waals surface area contributed by atoms with E-state index in [0.29, 0.717) is 12.5 Å². The molecule has 0 aliphatic heterocycles. The van der Waals surface area contributed by atoms with Gasteiger partial charge in [-0.2, -0.15) is 0 Å². The molecule has 1 atom stereocenters. The Labute approximate surface area is 122 Å². The van der Waals surface area contributed by atoms with Crippen molar-refractivity contribution in [1.82, 2.24) is 0 Å². The smallest absolute Gasteiger partial charge is 0.0423 e. The summed E-state index contributed by atoms with van der Waals surface area (Å²) in [6.07, 6.45) is 1.22. The molecular weight excluding hydrogens is 252 g/mol. The predicted molar refractivity (Wildman–Crippen MR) is 88.1 cm³/mol. The summed E-state index contributed by atoms with van der Waals surface area (Å²) in [5.74, 6) is 1.81. The van der Waals surface area contributed by atoms with Crippen LogP contribution in [0.2, 0.25) is 0 Å². The second-order valence-corrected chi connectivity index (χ2v) is 6.25. The van der Waals surface area contributed by atoms with Crippen molar-refractivity contribution in [2.75, 3.05) is 23.7 Å². The fourth-order valence-electron chi connectivity index (χ4n) is 2.25. The first kappa shape index (κ1) is 16.4. The van der Waals surface area contributed by atoms with Crippen molar-refractivity contribution in [3.05, 3.63) is 23.8 Å². The van der Waals surface area contributed by atoms with Gasteiger partial charge in [0.25, 0.3) is 0 Å². The summed E-state index contributed by atoms with van der Waals surface area (Å²) >= 11 is 1.89. The quantitative estimate of drug-likeness (QED) is 0.726. The zero-order chi connectivity index (χ0) is 14.3. The van der Waals surface area contributed by atoms with E-state index in [-0.39, 0.29) is 0 Å². The summed E-state index contributed by atoms with van der Waals surface area (Å²) in [5, 5.41) is 0. The Morgan fingerprint density at radius 1 is 1.26 bits per heavy atom. The highest BCUT2D eigenvalue weighted by atomic mass is 32.2. The molecule has 0 spiro atoms. The van der Waals surface area contributed by atoms with Crippen LogP contribution in [0.15, 0.2) is 23.1 Å². The van der Waals surface area contributed by atoms with Crippen molar-refractivity contribution in [1.29, 1.82) is 0 Å². The van der Waals surface area contributed by atoms with Gasteiger partial charge in [-0.05, 0) is 30.7 Å². The third-order valence-electron chi connectivity index (χ3n) is 3.56. The van der Waals surface area contributed by atoms with E-state index in [1.165, 1.54) is 22.6 Å². The van der Waals surface area contributed by atoms with E-state index in [9.17, 15) is 0 Å². The van der Waals surface area contributed by atoms with Gasteiger partial charge in [0.15, 0.2) is 0 Å². The van der Waals surface area contributed by atoms with Crippen LogP contribution in [-0.2, 0) is 6.54 Å². The fraction of sp³-hybridized carbons (Fsp3) is 0.625. The molecule has 108 valence electrons. The zero-order valence-electron chi connectivity index (χ0n) is 12.8.